The summed E-state index contributed by atoms with van der Waals surface area (Å²) in [7, 11) is 1.86. The summed E-state index contributed by atoms with van der Waals surface area (Å²) in [5.41, 5.74) is 0.680. The van der Waals surface area contributed by atoms with E-state index < -0.39 is 6.10 Å². The molecule has 102 valence electrons. The number of aryl methyl sites for hydroxylation is 1. The number of hydrogen-bond donors (Lipinski definition) is 2. The summed E-state index contributed by atoms with van der Waals surface area (Å²) >= 11 is 0. The van der Waals surface area contributed by atoms with Crippen molar-refractivity contribution < 1.29 is 9.50 Å². The average Bonchev–Trinajstić information content (AvgIpc) is 2.83. The smallest absolute Gasteiger partial charge is 0.149 e. The minimum absolute atomic E-state index is 0.0254. The maximum atomic E-state index is 12.8. The molecule has 2 unspecified atom stereocenters. The summed E-state index contributed by atoms with van der Waals surface area (Å²) in [4.78, 5) is 0. The zero-order valence-electron chi connectivity index (χ0n) is 10.9. The van der Waals surface area contributed by atoms with E-state index >= 15 is 0 Å². The number of aliphatic hydroxyl groups excluding tert-OH is 1. The summed E-state index contributed by atoms with van der Waals surface area (Å²) in [6.07, 6.45) is 0.945. The second-order valence-electron chi connectivity index (χ2n) is 4.50. The lowest BCUT2D eigenvalue weighted by molar-refractivity contribution is 0.170. The van der Waals surface area contributed by atoms with Crippen LogP contribution in [0.15, 0.2) is 30.6 Å². The molecule has 0 aliphatic rings. The molecule has 2 N–H and O–H groups in total. The maximum absolute atomic E-state index is 12.8. The van der Waals surface area contributed by atoms with Crippen molar-refractivity contribution in [2.45, 2.75) is 19.1 Å². The number of halogens is 1. The second-order valence-corrected chi connectivity index (χ2v) is 4.50. The van der Waals surface area contributed by atoms with Crippen LogP contribution in [0.25, 0.3) is 0 Å². The van der Waals surface area contributed by atoms with E-state index in [1.807, 2.05) is 18.5 Å². The van der Waals surface area contributed by atoms with Crippen LogP contribution in [0.2, 0.25) is 0 Å². The van der Waals surface area contributed by atoms with Crippen LogP contribution in [-0.4, -0.2) is 26.4 Å². The normalized spacial score (nSPS) is 14.3. The molecule has 2 rings (SSSR count). The number of nitrogens with zero attached hydrogens (tertiary/aromatic N) is 3. The van der Waals surface area contributed by atoms with Crippen molar-refractivity contribution in [3.05, 3.63) is 47.8 Å². The highest BCUT2D eigenvalue weighted by atomic mass is 19.1. The molecule has 2 aromatic rings. The predicted octanol–water partition coefficient (Wildman–Crippen LogP) is 1.34. The van der Waals surface area contributed by atoms with Crippen LogP contribution in [0.1, 0.15) is 30.5 Å². The Morgan fingerprint density at radius 2 is 2.05 bits per heavy atom. The van der Waals surface area contributed by atoms with Crippen LogP contribution in [0.5, 0.6) is 0 Å². The number of hydrogen-bond acceptors (Lipinski definition) is 4. The molecule has 0 fully saturated rings. The van der Waals surface area contributed by atoms with Gasteiger partial charge in [-0.25, -0.2) is 4.39 Å². The number of aromatic nitrogens is 3. The zero-order chi connectivity index (χ0) is 13.8. The Balaban J connectivity index is 1.91. The Bertz CT molecular complexity index is 526. The van der Waals surface area contributed by atoms with Crippen molar-refractivity contribution in [3.8, 4) is 0 Å². The fourth-order valence-electron chi connectivity index (χ4n) is 1.87. The van der Waals surface area contributed by atoms with E-state index in [9.17, 15) is 9.50 Å². The number of rotatable bonds is 5. The van der Waals surface area contributed by atoms with Crippen LogP contribution in [0, 0.1) is 5.82 Å². The molecule has 0 saturated heterocycles. The third kappa shape index (κ3) is 3.36. The molecule has 0 aliphatic heterocycles. The van der Waals surface area contributed by atoms with Crippen LogP contribution >= 0.6 is 0 Å². The van der Waals surface area contributed by atoms with Crippen molar-refractivity contribution in [1.82, 2.24) is 20.1 Å². The van der Waals surface area contributed by atoms with Gasteiger partial charge in [0.25, 0.3) is 0 Å². The SMILES string of the molecule is CC(NCC(O)c1ccc(F)cc1)c1nncn1C. The first-order valence-corrected chi connectivity index (χ1v) is 6.08. The topological polar surface area (TPSA) is 63.0 Å². The van der Waals surface area contributed by atoms with Crippen molar-refractivity contribution in [1.29, 1.82) is 0 Å². The Morgan fingerprint density at radius 1 is 1.37 bits per heavy atom. The highest BCUT2D eigenvalue weighted by Crippen LogP contribution is 2.14. The van der Waals surface area contributed by atoms with Gasteiger partial charge in [0.2, 0.25) is 0 Å². The van der Waals surface area contributed by atoms with Crippen molar-refractivity contribution in [2.24, 2.45) is 7.05 Å². The number of benzene rings is 1. The van der Waals surface area contributed by atoms with Gasteiger partial charge < -0.3 is 15.0 Å². The van der Waals surface area contributed by atoms with Gasteiger partial charge in [0.1, 0.15) is 18.0 Å². The van der Waals surface area contributed by atoms with Crippen LogP contribution < -0.4 is 5.32 Å². The molecule has 1 aromatic heterocycles. The fraction of sp³-hybridized carbons (Fsp3) is 0.385. The summed E-state index contributed by atoms with van der Waals surface area (Å²) in [6, 6.07) is 5.81. The van der Waals surface area contributed by atoms with E-state index in [0.717, 1.165) is 5.82 Å². The summed E-state index contributed by atoms with van der Waals surface area (Å²) in [5, 5.41) is 21.0. The van der Waals surface area contributed by atoms with E-state index in [0.29, 0.717) is 12.1 Å². The van der Waals surface area contributed by atoms with Crippen molar-refractivity contribution in [3.63, 3.8) is 0 Å². The number of aliphatic hydroxyl groups is 1. The largest absolute Gasteiger partial charge is 0.387 e. The molecule has 0 aliphatic carbocycles. The van der Waals surface area contributed by atoms with Gasteiger partial charge in [-0.2, -0.15) is 0 Å². The molecule has 2 atom stereocenters. The van der Waals surface area contributed by atoms with Gasteiger partial charge in [-0.3, -0.25) is 0 Å². The second kappa shape index (κ2) is 5.90. The molecule has 19 heavy (non-hydrogen) atoms. The molecular weight excluding hydrogens is 247 g/mol. The monoisotopic (exact) mass is 264 g/mol. The highest BCUT2D eigenvalue weighted by Gasteiger charge is 2.13. The lowest BCUT2D eigenvalue weighted by Crippen LogP contribution is -2.26. The standard InChI is InChI=1S/C13H17FN4O/c1-9(13-17-16-8-18(13)2)15-7-12(19)10-3-5-11(14)6-4-10/h3-6,8-9,12,15,19H,7H2,1-2H3. The minimum atomic E-state index is -0.684. The average molecular weight is 264 g/mol. The summed E-state index contributed by atoms with van der Waals surface area (Å²) in [5.74, 6) is 0.489. The van der Waals surface area contributed by atoms with E-state index in [2.05, 4.69) is 15.5 Å². The lowest BCUT2D eigenvalue weighted by atomic mass is 10.1. The lowest BCUT2D eigenvalue weighted by Gasteiger charge is -2.16. The molecule has 0 radical (unpaired) electrons. The predicted molar refractivity (Wildman–Crippen MR) is 68.8 cm³/mol. The number of nitrogens with one attached hydrogen (secondary N) is 1. The summed E-state index contributed by atoms with van der Waals surface area (Å²) < 4.78 is 14.6. The summed E-state index contributed by atoms with van der Waals surface area (Å²) in [6.45, 7) is 2.31. The van der Waals surface area contributed by atoms with Gasteiger partial charge in [0.15, 0.2) is 0 Å². The Kier molecular flexibility index (Phi) is 4.24. The van der Waals surface area contributed by atoms with E-state index in [4.69, 9.17) is 0 Å². The first-order chi connectivity index (χ1) is 9.08. The highest BCUT2D eigenvalue weighted by molar-refractivity contribution is 5.18. The molecule has 0 spiro atoms. The van der Waals surface area contributed by atoms with Crippen molar-refractivity contribution >= 4 is 0 Å². The van der Waals surface area contributed by atoms with E-state index in [-0.39, 0.29) is 11.9 Å². The van der Waals surface area contributed by atoms with Gasteiger partial charge in [-0.15, -0.1) is 10.2 Å². The third-order valence-corrected chi connectivity index (χ3v) is 3.01. The first kappa shape index (κ1) is 13.6. The van der Waals surface area contributed by atoms with Gasteiger partial charge >= 0.3 is 0 Å². The van der Waals surface area contributed by atoms with Gasteiger partial charge in [-0.1, -0.05) is 12.1 Å². The molecule has 0 amide bonds. The third-order valence-electron chi connectivity index (χ3n) is 3.01. The molecule has 0 bridgehead atoms. The minimum Gasteiger partial charge on any atom is -0.387 e. The van der Waals surface area contributed by atoms with Crippen LogP contribution in [0.3, 0.4) is 0 Å². The molecule has 0 saturated carbocycles. The Hall–Kier alpha value is -1.79. The van der Waals surface area contributed by atoms with Gasteiger partial charge in [-0.05, 0) is 24.6 Å². The quantitative estimate of drug-likeness (QED) is 0.855. The molecule has 5 nitrogen and oxygen atoms in total. The van der Waals surface area contributed by atoms with Gasteiger partial charge in [0.05, 0.1) is 12.1 Å². The molecule has 1 heterocycles. The molecular formula is C13H17FN4O. The van der Waals surface area contributed by atoms with Crippen molar-refractivity contribution in [2.75, 3.05) is 6.54 Å². The molecule has 1 aromatic carbocycles. The Morgan fingerprint density at radius 3 is 2.63 bits per heavy atom. The van der Waals surface area contributed by atoms with Crippen LogP contribution in [0.4, 0.5) is 4.39 Å². The Labute approximate surface area is 111 Å². The van der Waals surface area contributed by atoms with Gasteiger partial charge in [0, 0.05) is 13.6 Å². The van der Waals surface area contributed by atoms with Crippen LogP contribution in [-0.2, 0) is 7.05 Å². The maximum Gasteiger partial charge on any atom is 0.149 e. The van der Waals surface area contributed by atoms with E-state index in [1.165, 1.54) is 12.1 Å². The first-order valence-electron chi connectivity index (χ1n) is 6.08. The van der Waals surface area contributed by atoms with E-state index in [1.54, 1.807) is 18.5 Å². The fourth-order valence-corrected chi connectivity index (χ4v) is 1.87. The zero-order valence-corrected chi connectivity index (χ0v) is 10.9. The molecule has 6 heteroatoms.